The van der Waals surface area contributed by atoms with Crippen LogP contribution in [0.15, 0.2) is 41.0 Å². The second-order valence-electron chi connectivity index (χ2n) is 3.97. The molecular weight excluding hydrogens is 342 g/mol. The Balaban J connectivity index is 2.19. The number of aromatic nitrogens is 1. The molecule has 0 atom stereocenters. The molecular formula is C13H10BrN3O4. The Hall–Kier alpha value is -2.48. The molecule has 0 saturated heterocycles. The Morgan fingerprint density at radius 2 is 2.14 bits per heavy atom. The number of anilines is 1. The average Bonchev–Trinajstić information content (AvgIpc) is 2.48. The first-order valence-electron chi connectivity index (χ1n) is 5.76. The lowest BCUT2D eigenvalue weighted by molar-refractivity contribution is -0.385. The highest BCUT2D eigenvalue weighted by Crippen LogP contribution is 2.26. The number of nitrogens with zero attached hydrogens (tertiary/aromatic N) is 2. The number of benzene rings is 1. The highest BCUT2D eigenvalue weighted by molar-refractivity contribution is 9.10. The number of rotatable bonds is 4. The first-order valence-corrected chi connectivity index (χ1v) is 6.56. The van der Waals surface area contributed by atoms with Gasteiger partial charge in [0.15, 0.2) is 0 Å². The SMILES string of the molecule is COc1ccc(NC(=O)c2ccc(Br)c([N+](=O)[O-])c2)cn1. The summed E-state index contributed by atoms with van der Waals surface area (Å²) < 4.78 is 5.23. The topological polar surface area (TPSA) is 94.4 Å². The number of hydrogen-bond acceptors (Lipinski definition) is 5. The van der Waals surface area contributed by atoms with Crippen LogP contribution in [0.5, 0.6) is 5.88 Å². The summed E-state index contributed by atoms with van der Waals surface area (Å²) in [5, 5.41) is 13.4. The summed E-state index contributed by atoms with van der Waals surface area (Å²) in [6, 6.07) is 7.37. The lowest BCUT2D eigenvalue weighted by Crippen LogP contribution is -2.12. The van der Waals surface area contributed by atoms with E-state index in [2.05, 4.69) is 26.2 Å². The fourth-order valence-corrected chi connectivity index (χ4v) is 1.96. The number of pyridine rings is 1. The van der Waals surface area contributed by atoms with E-state index in [0.29, 0.717) is 16.0 Å². The van der Waals surface area contributed by atoms with Crippen molar-refractivity contribution in [2.24, 2.45) is 0 Å². The molecule has 0 fully saturated rings. The van der Waals surface area contributed by atoms with Crippen LogP contribution in [0.25, 0.3) is 0 Å². The smallest absolute Gasteiger partial charge is 0.284 e. The molecule has 0 radical (unpaired) electrons. The molecule has 1 amide bonds. The second-order valence-corrected chi connectivity index (χ2v) is 4.82. The number of ether oxygens (including phenoxy) is 1. The number of nitro benzene ring substituents is 1. The quantitative estimate of drug-likeness (QED) is 0.674. The Labute approximate surface area is 128 Å². The van der Waals surface area contributed by atoms with Gasteiger partial charge in [-0.15, -0.1) is 0 Å². The van der Waals surface area contributed by atoms with Crippen LogP contribution < -0.4 is 10.1 Å². The Bertz CT molecular complexity index is 688. The number of nitro groups is 1. The van der Waals surface area contributed by atoms with E-state index < -0.39 is 10.8 Å². The summed E-state index contributed by atoms with van der Waals surface area (Å²) in [5.41, 5.74) is 0.475. The van der Waals surface area contributed by atoms with Crippen molar-refractivity contribution in [2.45, 2.75) is 0 Å². The highest BCUT2D eigenvalue weighted by atomic mass is 79.9. The minimum atomic E-state index is -0.560. The molecule has 1 aromatic carbocycles. The number of amides is 1. The van der Waals surface area contributed by atoms with E-state index in [1.54, 1.807) is 12.1 Å². The van der Waals surface area contributed by atoms with Crippen LogP contribution in [-0.4, -0.2) is 22.9 Å². The maximum absolute atomic E-state index is 12.0. The van der Waals surface area contributed by atoms with Gasteiger partial charge in [0.1, 0.15) is 0 Å². The maximum Gasteiger partial charge on any atom is 0.284 e. The van der Waals surface area contributed by atoms with E-state index in [1.165, 1.54) is 31.5 Å². The van der Waals surface area contributed by atoms with Crippen molar-refractivity contribution in [1.29, 1.82) is 0 Å². The molecule has 1 heterocycles. The summed E-state index contributed by atoms with van der Waals surface area (Å²) >= 11 is 3.07. The van der Waals surface area contributed by atoms with Crippen LogP contribution in [0.1, 0.15) is 10.4 Å². The van der Waals surface area contributed by atoms with Crippen LogP contribution >= 0.6 is 15.9 Å². The number of methoxy groups -OCH3 is 1. The van der Waals surface area contributed by atoms with Crippen molar-refractivity contribution in [3.63, 3.8) is 0 Å². The molecule has 0 unspecified atom stereocenters. The predicted octanol–water partition coefficient (Wildman–Crippen LogP) is 3.01. The van der Waals surface area contributed by atoms with Gasteiger partial charge in [-0.3, -0.25) is 14.9 Å². The third-order valence-electron chi connectivity index (χ3n) is 2.61. The summed E-state index contributed by atoms with van der Waals surface area (Å²) in [6.45, 7) is 0. The summed E-state index contributed by atoms with van der Waals surface area (Å²) in [6.07, 6.45) is 1.43. The molecule has 2 rings (SSSR count). The van der Waals surface area contributed by atoms with Crippen LogP contribution in [0.3, 0.4) is 0 Å². The van der Waals surface area contributed by atoms with E-state index in [1.807, 2.05) is 0 Å². The molecule has 0 bridgehead atoms. The van der Waals surface area contributed by atoms with Crippen molar-refractivity contribution < 1.29 is 14.5 Å². The normalized spacial score (nSPS) is 10.0. The van der Waals surface area contributed by atoms with E-state index in [9.17, 15) is 14.9 Å². The van der Waals surface area contributed by atoms with Crippen LogP contribution in [0, 0.1) is 10.1 Å². The lowest BCUT2D eigenvalue weighted by atomic mass is 10.2. The number of carbonyl (C=O) groups is 1. The molecule has 7 nitrogen and oxygen atoms in total. The summed E-state index contributed by atoms with van der Waals surface area (Å²) in [7, 11) is 1.49. The predicted molar refractivity (Wildman–Crippen MR) is 79.5 cm³/mol. The molecule has 1 N–H and O–H groups in total. The molecule has 108 valence electrons. The van der Waals surface area contributed by atoms with Gasteiger partial charge < -0.3 is 10.1 Å². The lowest BCUT2D eigenvalue weighted by Gasteiger charge is -2.06. The number of halogens is 1. The third kappa shape index (κ3) is 3.54. The van der Waals surface area contributed by atoms with Gasteiger partial charge in [-0.05, 0) is 34.1 Å². The fourth-order valence-electron chi connectivity index (χ4n) is 1.57. The minimum Gasteiger partial charge on any atom is -0.481 e. The highest BCUT2D eigenvalue weighted by Gasteiger charge is 2.16. The molecule has 0 spiro atoms. The molecule has 1 aromatic heterocycles. The zero-order chi connectivity index (χ0) is 15.4. The van der Waals surface area contributed by atoms with Crippen molar-refractivity contribution in [1.82, 2.24) is 4.98 Å². The van der Waals surface area contributed by atoms with Crippen molar-refractivity contribution in [3.8, 4) is 5.88 Å². The van der Waals surface area contributed by atoms with E-state index in [-0.39, 0.29) is 11.3 Å². The molecule has 8 heteroatoms. The number of nitrogens with one attached hydrogen (secondary N) is 1. The monoisotopic (exact) mass is 351 g/mol. The minimum absolute atomic E-state index is 0.171. The van der Waals surface area contributed by atoms with E-state index in [0.717, 1.165) is 0 Å². The van der Waals surface area contributed by atoms with E-state index >= 15 is 0 Å². The van der Waals surface area contributed by atoms with Gasteiger partial charge >= 0.3 is 0 Å². The first kappa shape index (κ1) is 14.9. The standard InChI is InChI=1S/C13H10BrN3O4/c1-21-12-5-3-9(7-15-12)16-13(18)8-2-4-10(14)11(6-8)17(19)20/h2-7H,1H3,(H,16,18). The van der Waals surface area contributed by atoms with Gasteiger partial charge in [0.2, 0.25) is 5.88 Å². The number of hydrogen-bond donors (Lipinski definition) is 1. The van der Waals surface area contributed by atoms with Gasteiger partial charge in [0.25, 0.3) is 11.6 Å². The van der Waals surface area contributed by atoms with Crippen LogP contribution in [-0.2, 0) is 0 Å². The van der Waals surface area contributed by atoms with Gasteiger partial charge in [0, 0.05) is 17.7 Å². The van der Waals surface area contributed by atoms with Gasteiger partial charge in [-0.1, -0.05) is 0 Å². The van der Waals surface area contributed by atoms with Crippen LogP contribution in [0.2, 0.25) is 0 Å². The third-order valence-corrected chi connectivity index (χ3v) is 3.28. The zero-order valence-corrected chi connectivity index (χ0v) is 12.5. The van der Waals surface area contributed by atoms with Crippen molar-refractivity contribution in [2.75, 3.05) is 12.4 Å². The first-order chi connectivity index (χ1) is 10.0. The molecule has 0 aliphatic carbocycles. The van der Waals surface area contributed by atoms with E-state index in [4.69, 9.17) is 4.74 Å². The molecule has 0 aliphatic rings. The molecule has 21 heavy (non-hydrogen) atoms. The molecule has 0 aliphatic heterocycles. The Kier molecular flexibility index (Phi) is 4.49. The molecule has 0 saturated carbocycles. The number of carbonyl (C=O) groups excluding carboxylic acids is 1. The largest absolute Gasteiger partial charge is 0.481 e. The maximum atomic E-state index is 12.0. The van der Waals surface area contributed by atoms with Gasteiger partial charge in [-0.25, -0.2) is 4.98 Å². The van der Waals surface area contributed by atoms with Gasteiger partial charge in [-0.2, -0.15) is 0 Å². The summed E-state index contributed by atoms with van der Waals surface area (Å²) in [5.74, 6) is -0.0372. The summed E-state index contributed by atoms with van der Waals surface area (Å²) in [4.78, 5) is 26.3. The fraction of sp³-hybridized carbons (Fsp3) is 0.0769. The zero-order valence-electron chi connectivity index (χ0n) is 10.9. The molecule has 2 aromatic rings. The Morgan fingerprint density at radius 3 is 2.71 bits per heavy atom. The van der Waals surface area contributed by atoms with Gasteiger partial charge in [0.05, 0.1) is 28.4 Å². The van der Waals surface area contributed by atoms with Crippen molar-refractivity contribution in [3.05, 3.63) is 56.7 Å². The Morgan fingerprint density at radius 1 is 1.38 bits per heavy atom. The average molecular weight is 352 g/mol. The second kappa shape index (κ2) is 6.31. The van der Waals surface area contributed by atoms with Crippen LogP contribution in [0.4, 0.5) is 11.4 Å². The van der Waals surface area contributed by atoms with Crippen molar-refractivity contribution >= 4 is 33.2 Å².